The van der Waals surface area contributed by atoms with Gasteiger partial charge < -0.3 is 16.2 Å². The second-order valence-corrected chi connectivity index (χ2v) is 4.71. The van der Waals surface area contributed by atoms with Gasteiger partial charge in [-0.2, -0.15) is 0 Å². The van der Waals surface area contributed by atoms with Crippen molar-refractivity contribution in [3.63, 3.8) is 0 Å². The number of rotatable bonds is 3. The molecule has 1 fully saturated rings. The Morgan fingerprint density at radius 1 is 1.33 bits per heavy atom. The number of benzene rings is 1. The number of primary amides is 1. The standard InChI is InChI=1S/C13H17FN2O2/c14-12-7-9(3-6-11(12)13(15)18)16-8-1-4-10(17)5-2-8/h3,6-8,10,16-17H,1-2,4-5H2,(H2,15,18)/t8-,10-. The molecule has 0 aliphatic heterocycles. The van der Waals surface area contributed by atoms with Crippen LogP contribution >= 0.6 is 0 Å². The van der Waals surface area contributed by atoms with E-state index in [1.165, 1.54) is 12.1 Å². The molecule has 5 heteroatoms. The van der Waals surface area contributed by atoms with E-state index in [4.69, 9.17) is 5.73 Å². The molecular weight excluding hydrogens is 235 g/mol. The van der Waals surface area contributed by atoms with Crippen LogP contribution in [-0.4, -0.2) is 23.2 Å². The van der Waals surface area contributed by atoms with Crippen molar-refractivity contribution in [3.05, 3.63) is 29.6 Å². The molecule has 98 valence electrons. The molecule has 0 unspecified atom stereocenters. The summed E-state index contributed by atoms with van der Waals surface area (Å²) in [5.41, 5.74) is 5.58. The van der Waals surface area contributed by atoms with E-state index in [0.717, 1.165) is 25.7 Å². The number of nitrogens with one attached hydrogen (secondary N) is 1. The Bertz CT molecular complexity index is 443. The fourth-order valence-electron chi connectivity index (χ4n) is 2.26. The number of anilines is 1. The number of carbonyl (C=O) groups excluding carboxylic acids is 1. The van der Waals surface area contributed by atoms with Crippen molar-refractivity contribution in [1.82, 2.24) is 0 Å². The summed E-state index contributed by atoms with van der Waals surface area (Å²) in [6, 6.07) is 4.56. The van der Waals surface area contributed by atoms with E-state index in [2.05, 4.69) is 5.32 Å². The Labute approximate surface area is 105 Å². The number of aliphatic hydroxyl groups excluding tert-OH is 1. The third-order valence-corrected chi connectivity index (χ3v) is 3.30. The highest BCUT2D eigenvalue weighted by molar-refractivity contribution is 5.93. The predicted molar refractivity (Wildman–Crippen MR) is 66.8 cm³/mol. The first-order valence-corrected chi connectivity index (χ1v) is 6.10. The lowest BCUT2D eigenvalue weighted by atomic mass is 9.93. The van der Waals surface area contributed by atoms with Crippen LogP contribution in [0.3, 0.4) is 0 Å². The van der Waals surface area contributed by atoms with Gasteiger partial charge in [0.25, 0.3) is 5.91 Å². The molecule has 0 heterocycles. The number of nitrogens with two attached hydrogens (primary N) is 1. The van der Waals surface area contributed by atoms with Gasteiger partial charge in [0.15, 0.2) is 0 Å². The Kier molecular flexibility index (Phi) is 3.81. The maximum absolute atomic E-state index is 13.5. The van der Waals surface area contributed by atoms with Gasteiger partial charge in [0.1, 0.15) is 5.82 Å². The van der Waals surface area contributed by atoms with Crippen molar-refractivity contribution in [2.45, 2.75) is 37.8 Å². The van der Waals surface area contributed by atoms with Crippen LogP contribution in [0.4, 0.5) is 10.1 Å². The summed E-state index contributed by atoms with van der Waals surface area (Å²) < 4.78 is 13.5. The summed E-state index contributed by atoms with van der Waals surface area (Å²) in [6.07, 6.45) is 3.04. The molecule has 1 aromatic rings. The van der Waals surface area contributed by atoms with E-state index in [-0.39, 0.29) is 17.7 Å². The number of carbonyl (C=O) groups is 1. The smallest absolute Gasteiger partial charge is 0.251 e. The lowest BCUT2D eigenvalue weighted by Crippen LogP contribution is -2.28. The lowest BCUT2D eigenvalue weighted by Gasteiger charge is -2.27. The third kappa shape index (κ3) is 2.98. The lowest BCUT2D eigenvalue weighted by molar-refractivity contribution is 0.0996. The molecule has 4 N–H and O–H groups in total. The molecular formula is C13H17FN2O2. The quantitative estimate of drug-likeness (QED) is 0.765. The van der Waals surface area contributed by atoms with Crippen molar-refractivity contribution in [3.8, 4) is 0 Å². The zero-order valence-corrected chi connectivity index (χ0v) is 10.0. The molecule has 2 rings (SSSR count). The first-order chi connectivity index (χ1) is 8.56. The van der Waals surface area contributed by atoms with Gasteiger partial charge in [-0.25, -0.2) is 4.39 Å². The van der Waals surface area contributed by atoms with E-state index in [1.54, 1.807) is 6.07 Å². The molecule has 0 aromatic heterocycles. The summed E-state index contributed by atoms with van der Waals surface area (Å²) in [6.45, 7) is 0. The number of halogens is 1. The summed E-state index contributed by atoms with van der Waals surface area (Å²) in [7, 11) is 0. The van der Waals surface area contributed by atoms with Crippen LogP contribution in [0.2, 0.25) is 0 Å². The minimum absolute atomic E-state index is 0.0976. The van der Waals surface area contributed by atoms with Crippen molar-refractivity contribution in [1.29, 1.82) is 0 Å². The monoisotopic (exact) mass is 252 g/mol. The van der Waals surface area contributed by atoms with Gasteiger partial charge in [-0.3, -0.25) is 4.79 Å². The summed E-state index contributed by atoms with van der Waals surface area (Å²) in [4.78, 5) is 10.9. The van der Waals surface area contributed by atoms with E-state index >= 15 is 0 Å². The molecule has 1 amide bonds. The van der Waals surface area contributed by atoms with Crippen LogP contribution in [-0.2, 0) is 0 Å². The Balaban J connectivity index is 2.02. The SMILES string of the molecule is NC(=O)c1ccc(N[C@H]2CC[C@H](O)CC2)cc1F. The van der Waals surface area contributed by atoms with Gasteiger partial charge >= 0.3 is 0 Å². The zero-order valence-electron chi connectivity index (χ0n) is 10.0. The average Bonchev–Trinajstić information content (AvgIpc) is 2.32. The second kappa shape index (κ2) is 5.35. The van der Waals surface area contributed by atoms with Crippen molar-refractivity contribution < 1.29 is 14.3 Å². The van der Waals surface area contributed by atoms with E-state index in [9.17, 15) is 14.3 Å². The summed E-state index contributed by atoms with van der Waals surface area (Å²) in [5.74, 6) is -1.37. The first-order valence-electron chi connectivity index (χ1n) is 6.10. The predicted octanol–water partition coefficient (Wildman–Crippen LogP) is 1.64. The summed E-state index contributed by atoms with van der Waals surface area (Å²) in [5, 5.41) is 12.6. The van der Waals surface area contributed by atoms with Gasteiger partial charge in [-0.15, -0.1) is 0 Å². The van der Waals surface area contributed by atoms with Crippen LogP contribution in [0, 0.1) is 5.82 Å². The van der Waals surface area contributed by atoms with Crippen molar-refractivity contribution >= 4 is 11.6 Å². The molecule has 4 nitrogen and oxygen atoms in total. The Hall–Kier alpha value is -1.62. The Morgan fingerprint density at radius 3 is 2.56 bits per heavy atom. The third-order valence-electron chi connectivity index (χ3n) is 3.30. The minimum atomic E-state index is -0.764. The fraction of sp³-hybridized carbons (Fsp3) is 0.462. The van der Waals surface area contributed by atoms with E-state index in [0.29, 0.717) is 5.69 Å². The van der Waals surface area contributed by atoms with Crippen LogP contribution in [0.5, 0.6) is 0 Å². The molecule has 0 bridgehead atoms. The molecule has 18 heavy (non-hydrogen) atoms. The minimum Gasteiger partial charge on any atom is -0.393 e. The molecule has 1 saturated carbocycles. The van der Waals surface area contributed by atoms with Crippen LogP contribution < -0.4 is 11.1 Å². The number of hydrogen-bond acceptors (Lipinski definition) is 3. The first kappa shape index (κ1) is 12.8. The van der Waals surface area contributed by atoms with E-state index in [1.807, 2.05) is 0 Å². The highest BCUT2D eigenvalue weighted by Crippen LogP contribution is 2.23. The largest absolute Gasteiger partial charge is 0.393 e. The van der Waals surface area contributed by atoms with Gasteiger partial charge in [0, 0.05) is 11.7 Å². The van der Waals surface area contributed by atoms with Gasteiger partial charge in [0.05, 0.1) is 11.7 Å². The van der Waals surface area contributed by atoms with Crippen LogP contribution in [0.1, 0.15) is 36.0 Å². The van der Waals surface area contributed by atoms with Gasteiger partial charge in [-0.1, -0.05) is 0 Å². The average molecular weight is 252 g/mol. The van der Waals surface area contributed by atoms with Gasteiger partial charge in [0.2, 0.25) is 0 Å². The molecule has 1 aromatic carbocycles. The maximum Gasteiger partial charge on any atom is 0.251 e. The van der Waals surface area contributed by atoms with E-state index < -0.39 is 11.7 Å². The molecule has 0 saturated heterocycles. The highest BCUT2D eigenvalue weighted by atomic mass is 19.1. The van der Waals surface area contributed by atoms with Crippen LogP contribution in [0.25, 0.3) is 0 Å². The molecule has 0 radical (unpaired) electrons. The van der Waals surface area contributed by atoms with Gasteiger partial charge in [-0.05, 0) is 43.9 Å². The molecule has 0 spiro atoms. The summed E-state index contributed by atoms with van der Waals surface area (Å²) >= 11 is 0. The Morgan fingerprint density at radius 2 is 2.00 bits per heavy atom. The number of aliphatic hydroxyl groups is 1. The number of hydrogen-bond donors (Lipinski definition) is 3. The molecule has 1 aliphatic carbocycles. The zero-order chi connectivity index (χ0) is 13.1. The topological polar surface area (TPSA) is 75.4 Å². The maximum atomic E-state index is 13.5. The molecule has 1 aliphatic rings. The second-order valence-electron chi connectivity index (χ2n) is 4.71. The van der Waals surface area contributed by atoms with Crippen molar-refractivity contribution in [2.24, 2.45) is 5.73 Å². The number of amides is 1. The van der Waals surface area contributed by atoms with Crippen molar-refractivity contribution in [2.75, 3.05) is 5.32 Å². The highest BCUT2D eigenvalue weighted by Gasteiger charge is 2.19. The molecule has 0 atom stereocenters. The fourth-order valence-corrected chi connectivity index (χ4v) is 2.26. The van der Waals surface area contributed by atoms with Crippen LogP contribution in [0.15, 0.2) is 18.2 Å². The normalized spacial score (nSPS) is 23.7.